The maximum absolute atomic E-state index is 13.2. The predicted octanol–water partition coefficient (Wildman–Crippen LogP) is 1.65. The molecular formula is C13H13FO4. The van der Waals surface area contributed by atoms with Crippen LogP contribution >= 0.6 is 0 Å². The quantitative estimate of drug-likeness (QED) is 0.606. The third kappa shape index (κ3) is 2.34. The SMILES string of the molecule is CCOC(=O)[C@H]1C(=O)OC[C@@H]1c1cccc(F)c1. The summed E-state index contributed by atoms with van der Waals surface area (Å²) in [5, 5.41) is 0. The van der Waals surface area contributed by atoms with E-state index in [0.29, 0.717) is 5.56 Å². The molecule has 0 saturated carbocycles. The van der Waals surface area contributed by atoms with Gasteiger partial charge in [0.15, 0.2) is 5.92 Å². The zero-order valence-corrected chi connectivity index (χ0v) is 9.89. The van der Waals surface area contributed by atoms with Gasteiger partial charge >= 0.3 is 11.9 Å². The first-order chi connectivity index (χ1) is 8.63. The molecule has 2 rings (SSSR count). The molecule has 1 aromatic rings. The van der Waals surface area contributed by atoms with Gasteiger partial charge < -0.3 is 9.47 Å². The van der Waals surface area contributed by atoms with Gasteiger partial charge in [0.05, 0.1) is 13.2 Å². The standard InChI is InChI=1S/C13H13FO4/c1-2-17-12(15)11-10(7-18-13(11)16)8-4-3-5-9(14)6-8/h3-6,10-11H,2,7H2,1H3/t10-,11+/m1/s1. The molecule has 4 nitrogen and oxygen atoms in total. The predicted molar refractivity (Wildman–Crippen MR) is 60.2 cm³/mol. The molecule has 0 unspecified atom stereocenters. The smallest absolute Gasteiger partial charge is 0.321 e. The third-order valence-corrected chi connectivity index (χ3v) is 2.88. The topological polar surface area (TPSA) is 52.6 Å². The van der Waals surface area contributed by atoms with Crippen LogP contribution in [0, 0.1) is 11.7 Å². The summed E-state index contributed by atoms with van der Waals surface area (Å²) in [6.07, 6.45) is 0. The van der Waals surface area contributed by atoms with Gasteiger partial charge in [0, 0.05) is 5.92 Å². The lowest BCUT2D eigenvalue weighted by Gasteiger charge is -2.14. The molecule has 18 heavy (non-hydrogen) atoms. The minimum Gasteiger partial charge on any atom is -0.465 e. The minimum absolute atomic E-state index is 0.0752. The lowest BCUT2D eigenvalue weighted by molar-refractivity contribution is -0.155. The van der Waals surface area contributed by atoms with Crippen molar-refractivity contribution >= 4 is 11.9 Å². The first kappa shape index (κ1) is 12.5. The van der Waals surface area contributed by atoms with Gasteiger partial charge in [0.2, 0.25) is 0 Å². The van der Waals surface area contributed by atoms with Gasteiger partial charge in [-0.15, -0.1) is 0 Å². The highest BCUT2D eigenvalue weighted by Crippen LogP contribution is 2.33. The van der Waals surface area contributed by atoms with E-state index in [0.717, 1.165) is 0 Å². The lowest BCUT2D eigenvalue weighted by Crippen LogP contribution is -2.26. The van der Waals surface area contributed by atoms with Crippen LogP contribution in [0.25, 0.3) is 0 Å². The summed E-state index contributed by atoms with van der Waals surface area (Å²) in [6.45, 7) is 1.93. The van der Waals surface area contributed by atoms with Gasteiger partial charge in [-0.2, -0.15) is 0 Å². The van der Waals surface area contributed by atoms with Gasteiger partial charge in [0.1, 0.15) is 5.82 Å². The van der Waals surface area contributed by atoms with Gasteiger partial charge in [-0.3, -0.25) is 9.59 Å². The van der Waals surface area contributed by atoms with Crippen molar-refractivity contribution in [1.82, 2.24) is 0 Å². The Kier molecular flexibility index (Phi) is 3.60. The van der Waals surface area contributed by atoms with Crippen molar-refractivity contribution in [3.05, 3.63) is 35.6 Å². The summed E-state index contributed by atoms with van der Waals surface area (Å²) in [5.41, 5.74) is 0.568. The molecule has 1 saturated heterocycles. The number of esters is 2. The van der Waals surface area contributed by atoms with E-state index < -0.39 is 29.6 Å². The van der Waals surface area contributed by atoms with Crippen LogP contribution in [0.5, 0.6) is 0 Å². The molecule has 1 heterocycles. The zero-order valence-electron chi connectivity index (χ0n) is 9.89. The van der Waals surface area contributed by atoms with E-state index in [9.17, 15) is 14.0 Å². The summed E-state index contributed by atoms with van der Waals surface area (Å²) in [4.78, 5) is 23.3. The number of hydrogen-bond donors (Lipinski definition) is 0. The summed E-state index contributed by atoms with van der Waals surface area (Å²) < 4.78 is 22.9. The number of carbonyl (C=O) groups is 2. The van der Waals surface area contributed by atoms with Crippen LogP contribution in [0.4, 0.5) is 4.39 Å². The van der Waals surface area contributed by atoms with Crippen molar-refractivity contribution in [2.75, 3.05) is 13.2 Å². The van der Waals surface area contributed by atoms with Crippen molar-refractivity contribution in [2.45, 2.75) is 12.8 Å². The second-order valence-electron chi connectivity index (χ2n) is 4.02. The normalized spacial score (nSPS) is 22.7. The first-order valence-electron chi connectivity index (χ1n) is 5.72. The highest BCUT2D eigenvalue weighted by Gasteiger charge is 2.44. The molecule has 2 atom stereocenters. The maximum Gasteiger partial charge on any atom is 0.321 e. The monoisotopic (exact) mass is 252 g/mol. The molecular weight excluding hydrogens is 239 g/mol. The van der Waals surface area contributed by atoms with Gasteiger partial charge in [0.25, 0.3) is 0 Å². The van der Waals surface area contributed by atoms with E-state index in [4.69, 9.17) is 9.47 Å². The summed E-state index contributed by atoms with van der Waals surface area (Å²) >= 11 is 0. The lowest BCUT2D eigenvalue weighted by atomic mass is 9.88. The van der Waals surface area contributed by atoms with Crippen LogP contribution < -0.4 is 0 Å². The first-order valence-corrected chi connectivity index (χ1v) is 5.72. The number of halogens is 1. The molecule has 0 aliphatic carbocycles. The molecule has 0 radical (unpaired) electrons. The fourth-order valence-electron chi connectivity index (χ4n) is 2.04. The Morgan fingerprint density at radius 3 is 3.00 bits per heavy atom. The molecule has 0 spiro atoms. The van der Waals surface area contributed by atoms with Crippen molar-refractivity contribution in [3.63, 3.8) is 0 Å². The van der Waals surface area contributed by atoms with E-state index in [-0.39, 0.29) is 13.2 Å². The fraction of sp³-hybridized carbons (Fsp3) is 0.385. The summed E-state index contributed by atoms with van der Waals surface area (Å²) in [6, 6.07) is 5.82. The van der Waals surface area contributed by atoms with E-state index in [1.54, 1.807) is 13.0 Å². The average molecular weight is 252 g/mol. The number of ether oxygens (including phenoxy) is 2. The van der Waals surface area contributed by atoms with Crippen LogP contribution in [0.1, 0.15) is 18.4 Å². The number of rotatable bonds is 3. The Morgan fingerprint density at radius 2 is 2.33 bits per heavy atom. The highest BCUT2D eigenvalue weighted by atomic mass is 19.1. The number of benzene rings is 1. The largest absolute Gasteiger partial charge is 0.465 e. The van der Waals surface area contributed by atoms with E-state index in [1.165, 1.54) is 18.2 Å². The van der Waals surface area contributed by atoms with E-state index in [1.807, 2.05) is 0 Å². The second kappa shape index (κ2) is 5.16. The Bertz CT molecular complexity index is 472. The minimum atomic E-state index is -0.994. The molecule has 5 heteroatoms. The second-order valence-corrected chi connectivity index (χ2v) is 4.02. The summed E-state index contributed by atoms with van der Waals surface area (Å²) in [5.74, 6) is -3.11. The van der Waals surface area contributed by atoms with Crippen LogP contribution in [0.2, 0.25) is 0 Å². The molecule has 0 N–H and O–H groups in total. The highest BCUT2D eigenvalue weighted by molar-refractivity contribution is 5.97. The molecule has 1 aliphatic rings. The van der Waals surface area contributed by atoms with Crippen LogP contribution in [0.15, 0.2) is 24.3 Å². The van der Waals surface area contributed by atoms with Crippen molar-refractivity contribution in [1.29, 1.82) is 0 Å². The van der Waals surface area contributed by atoms with Crippen molar-refractivity contribution in [2.24, 2.45) is 5.92 Å². The molecule has 0 bridgehead atoms. The Hall–Kier alpha value is -1.91. The van der Waals surface area contributed by atoms with Crippen LogP contribution in [0.3, 0.4) is 0 Å². The van der Waals surface area contributed by atoms with Gasteiger partial charge in [-0.1, -0.05) is 12.1 Å². The molecule has 96 valence electrons. The average Bonchev–Trinajstić information content (AvgIpc) is 2.71. The molecule has 0 aromatic heterocycles. The van der Waals surface area contributed by atoms with Crippen LogP contribution in [-0.4, -0.2) is 25.2 Å². The molecule has 1 aliphatic heterocycles. The zero-order chi connectivity index (χ0) is 13.1. The van der Waals surface area contributed by atoms with Crippen molar-refractivity contribution in [3.8, 4) is 0 Å². The molecule has 1 aromatic carbocycles. The number of hydrogen-bond acceptors (Lipinski definition) is 4. The Morgan fingerprint density at radius 1 is 1.56 bits per heavy atom. The van der Waals surface area contributed by atoms with Gasteiger partial charge in [-0.25, -0.2) is 4.39 Å². The number of carbonyl (C=O) groups excluding carboxylic acids is 2. The van der Waals surface area contributed by atoms with E-state index >= 15 is 0 Å². The van der Waals surface area contributed by atoms with Gasteiger partial charge in [-0.05, 0) is 24.6 Å². The van der Waals surface area contributed by atoms with E-state index in [2.05, 4.69) is 0 Å². The number of cyclic esters (lactones) is 1. The molecule has 1 fully saturated rings. The Labute approximate surface area is 104 Å². The fourth-order valence-corrected chi connectivity index (χ4v) is 2.04. The van der Waals surface area contributed by atoms with Crippen molar-refractivity contribution < 1.29 is 23.5 Å². The molecule has 0 amide bonds. The maximum atomic E-state index is 13.2. The summed E-state index contributed by atoms with van der Waals surface area (Å²) in [7, 11) is 0. The third-order valence-electron chi connectivity index (χ3n) is 2.88. The van der Waals surface area contributed by atoms with Crippen LogP contribution in [-0.2, 0) is 19.1 Å². The Balaban J connectivity index is 2.26.